The van der Waals surface area contributed by atoms with Gasteiger partial charge in [0.1, 0.15) is 17.3 Å². The summed E-state index contributed by atoms with van der Waals surface area (Å²) >= 11 is 0. The zero-order chi connectivity index (χ0) is 12.5. The highest BCUT2D eigenvalue weighted by molar-refractivity contribution is 5.74. The fourth-order valence-electron chi connectivity index (χ4n) is 1.97. The van der Waals surface area contributed by atoms with Gasteiger partial charge < -0.3 is 9.40 Å². The van der Waals surface area contributed by atoms with E-state index < -0.39 is 5.92 Å². The van der Waals surface area contributed by atoms with E-state index in [1.807, 2.05) is 18.2 Å². The average molecular weight is 238 g/mol. The van der Waals surface area contributed by atoms with Crippen molar-refractivity contribution in [3.63, 3.8) is 0 Å². The van der Waals surface area contributed by atoms with Crippen LogP contribution in [-0.4, -0.2) is 15.0 Å². The van der Waals surface area contributed by atoms with Gasteiger partial charge in [-0.2, -0.15) is 5.26 Å². The van der Waals surface area contributed by atoms with Crippen molar-refractivity contribution >= 4 is 11.1 Å². The lowest BCUT2D eigenvalue weighted by atomic mass is 10.00. The average Bonchev–Trinajstić information content (AvgIpc) is 2.97. The molecule has 1 aromatic carbocycles. The van der Waals surface area contributed by atoms with E-state index >= 15 is 0 Å². The number of aryl methyl sites for hydroxylation is 1. The molecule has 0 bridgehead atoms. The lowest BCUT2D eigenvalue weighted by Crippen LogP contribution is -2.00. The molecular formula is C13H10N4O. The minimum atomic E-state index is -0.415. The SMILES string of the molecule is Cc1nc2cc(C(C#N)c3ncc[nH]3)ccc2o1. The van der Waals surface area contributed by atoms with Crippen molar-refractivity contribution in [1.82, 2.24) is 15.0 Å². The second kappa shape index (κ2) is 4.00. The monoisotopic (exact) mass is 238 g/mol. The highest BCUT2D eigenvalue weighted by Gasteiger charge is 2.17. The van der Waals surface area contributed by atoms with Crippen LogP contribution in [0.4, 0.5) is 0 Å². The van der Waals surface area contributed by atoms with E-state index in [4.69, 9.17) is 4.42 Å². The van der Waals surface area contributed by atoms with Crippen molar-refractivity contribution in [2.24, 2.45) is 0 Å². The summed E-state index contributed by atoms with van der Waals surface area (Å²) in [6, 6.07) is 7.80. The molecule has 0 amide bonds. The topological polar surface area (TPSA) is 78.5 Å². The van der Waals surface area contributed by atoms with Gasteiger partial charge in [0.05, 0.1) is 6.07 Å². The van der Waals surface area contributed by atoms with Crippen LogP contribution in [0.25, 0.3) is 11.1 Å². The highest BCUT2D eigenvalue weighted by Crippen LogP contribution is 2.25. The Labute approximate surface area is 103 Å². The van der Waals surface area contributed by atoms with Crippen LogP contribution in [0.5, 0.6) is 0 Å². The first kappa shape index (κ1) is 10.5. The Balaban J connectivity index is 2.10. The standard InChI is InChI=1S/C13H10N4O/c1-8-17-11-6-9(2-3-12(11)18-8)10(7-14)13-15-4-5-16-13/h2-6,10H,1H3,(H,15,16). The first-order chi connectivity index (χ1) is 8.78. The third kappa shape index (κ3) is 1.64. The number of benzene rings is 1. The summed E-state index contributed by atoms with van der Waals surface area (Å²) in [7, 11) is 0. The number of aromatic amines is 1. The van der Waals surface area contributed by atoms with Crippen molar-refractivity contribution in [2.45, 2.75) is 12.8 Å². The first-order valence-electron chi connectivity index (χ1n) is 5.54. The van der Waals surface area contributed by atoms with Crippen molar-refractivity contribution in [1.29, 1.82) is 5.26 Å². The summed E-state index contributed by atoms with van der Waals surface area (Å²) in [5, 5.41) is 9.27. The molecule has 1 N–H and O–H groups in total. The van der Waals surface area contributed by atoms with E-state index in [1.54, 1.807) is 19.3 Å². The van der Waals surface area contributed by atoms with Gasteiger partial charge in [0, 0.05) is 19.3 Å². The molecule has 5 nitrogen and oxygen atoms in total. The number of nitrogens with one attached hydrogen (secondary N) is 1. The Morgan fingerprint density at radius 1 is 1.44 bits per heavy atom. The number of nitrogens with zero attached hydrogens (tertiary/aromatic N) is 3. The van der Waals surface area contributed by atoms with Crippen LogP contribution in [0.1, 0.15) is 23.2 Å². The third-order valence-corrected chi connectivity index (χ3v) is 2.77. The number of hydrogen-bond acceptors (Lipinski definition) is 4. The normalized spacial score (nSPS) is 12.4. The van der Waals surface area contributed by atoms with Crippen LogP contribution < -0.4 is 0 Å². The van der Waals surface area contributed by atoms with Crippen LogP contribution in [0.15, 0.2) is 35.0 Å². The maximum atomic E-state index is 9.27. The summed E-state index contributed by atoms with van der Waals surface area (Å²) < 4.78 is 5.41. The molecule has 88 valence electrons. The van der Waals surface area contributed by atoms with Gasteiger partial charge in [-0.05, 0) is 17.7 Å². The largest absolute Gasteiger partial charge is 0.441 e. The molecule has 0 aliphatic rings. The Morgan fingerprint density at radius 2 is 2.33 bits per heavy atom. The van der Waals surface area contributed by atoms with Crippen LogP contribution in [-0.2, 0) is 0 Å². The molecule has 2 heterocycles. The maximum absolute atomic E-state index is 9.27. The molecule has 0 saturated heterocycles. The lowest BCUT2D eigenvalue weighted by Gasteiger charge is -2.05. The van der Waals surface area contributed by atoms with Crippen LogP contribution in [0.3, 0.4) is 0 Å². The van der Waals surface area contributed by atoms with Gasteiger partial charge >= 0.3 is 0 Å². The van der Waals surface area contributed by atoms with Gasteiger partial charge in [0.15, 0.2) is 11.5 Å². The number of nitriles is 1. The van der Waals surface area contributed by atoms with Crippen molar-refractivity contribution in [3.8, 4) is 6.07 Å². The van der Waals surface area contributed by atoms with Gasteiger partial charge in [-0.25, -0.2) is 9.97 Å². The number of hydrogen-bond donors (Lipinski definition) is 1. The first-order valence-corrected chi connectivity index (χ1v) is 5.54. The van der Waals surface area contributed by atoms with Gasteiger partial charge in [-0.15, -0.1) is 0 Å². The van der Waals surface area contributed by atoms with Crippen molar-refractivity contribution < 1.29 is 4.42 Å². The van der Waals surface area contributed by atoms with Crippen LogP contribution in [0, 0.1) is 18.3 Å². The van der Waals surface area contributed by atoms with E-state index in [9.17, 15) is 5.26 Å². The number of aromatic nitrogens is 3. The Hall–Kier alpha value is -2.61. The Bertz CT molecular complexity index is 721. The zero-order valence-electron chi connectivity index (χ0n) is 9.71. The van der Waals surface area contributed by atoms with Gasteiger partial charge in [0.2, 0.25) is 0 Å². The minimum Gasteiger partial charge on any atom is -0.441 e. The minimum absolute atomic E-state index is 0.415. The number of rotatable bonds is 2. The van der Waals surface area contributed by atoms with Crippen molar-refractivity contribution in [2.75, 3.05) is 0 Å². The van der Waals surface area contributed by atoms with E-state index in [0.717, 1.165) is 16.7 Å². The van der Waals surface area contributed by atoms with E-state index in [0.29, 0.717) is 11.7 Å². The highest BCUT2D eigenvalue weighted by atomic mass is 16.3. The Morgan fingerprint density at radius 3 is 3.06 bits per heavy atom. The van der Waals surface area contributed by atoms with E-state index in [-0.39, 0.29) is 0 Å². The number of imidazole rings is 1. The van der Waals surface area contributed by atoms with Crippen molar-refractivity contribution in [3.05, 3.63) is 47.9 Å². The molecule has 0 aliphatic heterocycles. The zero-order valence-corrected chi connectivity index (χ0v) is 9.71. The predicted octanol–water partition coefficient (Wildman–Crippen LogP) is 2.51. The Kier molecular flexibility index (Phi) is 2.34. The lowest BCUT2D eigenvalue weighted by molar-refractivity contribution is 0.561. The number of H-pyrrole nitrogens is 1. The summed E-state index contributed by atoms with van der Waals surface area (Å²) in [6.45, 7) is 1.80. The number of fused-ring (bicyclic) bond motifs is 1. The molecule has 3 rings (SSSR count). The fraction of sp³-hybridized carbons (Fsp3) is 0.154. The number of oxazole rings is 1. The van der Waals surface area contributed by atoms with Gasteiger partial charge in [-0.3, -0.25) is 0 Å². The molecule has 2 aromatic heterocycles. The maximum Gasteiger partial charge on any atom is 0.192 e. The molecule has 5 heteroatoms. The molecule has 3 aromatic rings. The second-order valence-electron chi connectivity index (χ2n) is 4.00. The molecule has 18 heavy (non-hydrogen) atoms. The quantitative estimate of drug-likeness (QED) is 0.744. The molecule has 0 saturated carbocycles. The summed E-state index contributed by atoms with van der Waals surface area (Å²) in [5.41, 5.74) is 2.34. The predicted molar refractivity (Wildman–Crippen MR) is 64.8 cm³/mol. The second-order valence-corrected chi connectivity index (χ2v) is 4.00. The van der Waals surface area contributed by atoms with Crippen LogP contribution in [0.2, 0.25) is 0 Å². The molecule has 0 fully saturated rings. The summed E-state index contributed by atoms with van der Waals surface area (Å²) in [6.07, 6.45) is 3.34. The summed E-state index contributed by atoms with van der Waals surface area (Å²) in [5.74, 6) is 0.840. The molecule has 1 unspecified atom stereocenters. The van der Waals surface area contributed by atoms with Crippen LogP contribution >= 0.6 is 0 Å². The van der Waals surface area contributed by atoms with Gasteiger partial charge in [-0.1, -0.05) is 6.07 Å². The van der Waals surface area contributed by atoms with E-state index in [1.165, 1.54) is 0 Å². The third-order valence-electron chi connectivity index (χ3n) is 2.77. The van der Waals surface area contributed by atoms with E-state index in [2.05, 4.69) is 21.0 Å². The fourth-order valence-corrected chi connectivity index (χ4v) is 1.97. The molecule has 0 spiro atoms. The summed E-state index contributed by atoms with van der Waals surface area (Å²) in [4.78, 5) is 11.4. The molecule has 1 atom stereocenters. The molecule has 0 aliphatic carbocycles. The van der Waals surface area contributed by atoms with Gasteiger partial charge in [0.25, 0.3) is 0 Å². The smallest absolute Gasteiger partial charge is 0.192 e. The molecule has 0 radical (unpaired) electrons. The molecular weight excluding hydrogens is 228 g/mol.